The summed E-state index contributed by atoms with van der Waals surface area (Å²) in [5.74, 6) is 3.06. The molecule has 2 aliphatic heterocycles. The predicted octanol–water partition coefficient (Wildman–Crippen LogP) is 10.5. The third-order valence-electron chi connectivity index (χ3n) is 10.7. The van der Waals surface area contributed by atoms with Crippen LogP contribution in [0.1, 0.15) is 85.3 Å². The molecule has 2 atom stereocenters. The molecule has 0 saturated heterocycles. The van der Waals surface area contributed by atoms with Crippen molar-refractivity contribution in [1.82, 2.24) is 0 Å². The minimum Gasteiger partial charge on any atom is -0.464 e. The maximum atomic E-state index is 9.13. The van der Waals surface area contributed by atoms with Gasteiger partial charge >= 0.3 is 0 Å². The molecule has 55 heavy (non-hydrogen) atoms. The first kappa shape index (κ1) is 36.5. The first-order valence-electron chi connectivity index (χ1n) is 19.0. The van der Waals surface area contributed by atoms with Crippen LogP contribution in [0.25, 0.3) is 0 Å². The Labute approximate surface area is 323 Å². The van der Waals surface area contributed by atoms with Crippen molar-refractivity contribution in [2.24, 2.45) is 0 Å². The average molecular weight is 731 g/mol. The van der Waals surface area contributed by atoms with Gasteiger partial charge in [0.2, 0.25) is 0 Å². The number of hydrogen-bond acceptors (Lipinski definition) is 6. The molecule has 2 aromatic heterocycles. The number of furan rings is 2. The average Bonchev–Trinajstić information content (AvgIpc) is 3.83. The summed E-state index contributed by atoms with van der Waals surface area (Å²) in [6.45, 7) is 5.59. The molecular weight excluding hydrogens is 685 g/mol. The summed E-state index contributed by atoms with van der Waals surface area (Å²) in [5.41, 5.74) is 9.60. The second-order valence-corrected chi connectivity index (χ2v) is 14.1. The monoisotopic (exact) mass is 730 g/mol. The molecular formula is C49H46O6. The van der Waals surface area contributed by atoms with Gasteiger partial charge in [0.1, 0.15) is 54.1 Å². The fourth-order valence-electron chi connectivity index (χ4n) is 8.04. The van der Waals surface area contributed by atoms with Crippen molar-refractivity contribution in [3.63, 3.8) is 0 Å². The van der Waals surface area contributed by atoms with E-state index in [-0.39, 0.29) is 18.8 Å². The van der Waals surface area contributed by atoms with E-state index in [0.29, 0.717) is 19.0 Å². The molecule has 0 spiro atoms. The lowest BCUT2D eigenvalue weighted by molar-refractivity contribution is -0.00816. The number of ether oxygens (including phenoxy) is 3. The molecule has 278 valence electrons. The summed E-state index contributed by atoms with van der Waals surface area (Å²) in [6.07, 6.45) is 1.70. The fraction of sp³-hybridized carbons (Fsp3) is 0.224. The zero-order valence-corrected chi connectivity index (χ0v) is 31.3. The Bertz CT molecular complexity index is 2210. The van der Waals surface area contributed by atoms with Crippen LogP contribution >= 0.6 is 0 Å². The van der Waals surface area contributed by atoms with E-state index in [0.717, 1.165) is 64.5 Å². The zero-order valence-electron chi connectivity index (χ0n) is 31.3. The highest BCUT2D eigenvalue weighted by molar-refractivity contribution is 5.48. The smallest absolute Gasteiger partial charge is 0.144 e. The van der Waals surface area contributed by atoms with E-state index in [4.69, 9.17) is 28.2 Å². The van der Waals surface area contributed by atoms with E-state index in [9.17, 15) is 0 Å². The van der Waals surface area contributed by atoms with E-state index in [1.807, 2.05) is 44.2 Å². The quantitative estimate of drug-likeness (QED) is 0.149. The van der Waals surface area contributed by atoms with Crippen LogP contribution in [0, 0.1) is 13.8 Å². The van der Waals surface area contributed by atoms with Crippen LogP contribution in [0.15, 0.2) is 160 Å². The van der Waals surface area contributed by atoms with E-state index in [1.165, 1.54) is 22.3 Å². The van der Waals surface area contributed by atoms with Crippen LogP contribution in [0.3, 0.4) is 0 Å². The standard InChI is InChI=1S/C34H30O3.C15H16O3/c1-25-32(33-31-20-12-11-13-26(31)21-22-35-33)23-30(37-25)24-36-34(27-14-5-2-6-15-27,28-16-7-3-8-17-28)29-18-9-4-10-19-29;1-10-14(8-12(9-16)18-10)15-13-5-3-2-4-11(13)6-7-17-15/h2-20,23,33H,21-22,24H2,1H3;2-5,8,15-16H,6-7,9H2,1H3. The van der Waals surface area contributed by atoms with Gasteiger partial charge in [-0.3, -0.25) is 0 Å². The summed E-state index contributed by atoms with van der Waals surface area (Å²) in [6, 6.07) is 52.1. The maximum absolute atomic E-state index is 9.13. The van der Waals surface area contributed by atoms with Crippen LogP contribution in [-0.2, 0) is 45.9 Å². The number of aliphatic hydroxyl groups is 1. The fourth-order valence-corrected chi connectivity index (χ4v) is 8.04. The van der Waals surface area contributed by atoms with E-state index in [2.05, 4.69) is 121 Å². The third kappa shape index (κ3) is 7.47. The molecule has 2 aliphatic rings. The van der Waals surface area contributed by atoms with E-state index < -0.39 is 5.60 Å². The van der Waals surface area contributed by atoms with Gasteiger partial charge in [0.25, 0.3) is 0 Å². The molecule has 6 nitrogen and oxygen atoms in total. The molecule has 7 aromatic rings. The molecule has 0 radical (unpaired) electrons. The Hall–Kier alpha value is -5.50. The SMILES string of the molecule is Cc1oc(CO)cc1C1OCCc2ccccc21.Cc1oc(COC(c2ccccc2)(c2ccccc2)c2ccccc2)cc1C1OCCc2ccccc21. The summed E-state index contributed by atoms with van der Waals surface area (Å²) >= 11 is 0. The second kappa shape index (κ2) is 16.5. The van der Waals surface area contributed by atoms with Gasteiger partial charge in [0, 0.05) is 11.1 Å². The number of rotatable bonds is 9. The van der Waals surface area contributed by atoms with Crippen molar-refractivity contribution in [2.75, 3.05) is 13.2 Å². The first-order chi connectivity index (χ1) is 27.0. The van der Waals surface area contributed by atoms with Crippen LogP contribution < -0.4 is 0 Å². The summed E-state index contributed by atoms with van der Waals surface area (Å²) in [5, 5.41) is 9.13. The van der Waals surface area contributed by atoms with Gasteiger partial charge in [-0.1, -0.05) is 140 Å². The molecule has 0 saturated carbocycles. The molecule has 6 heteroatoms. The van der Waals surface area contributed by atoms with Crippen molar-refractivity contribution in [2.45, 2.75) is 57.7 Å². The lowest BCUT2D eigenvalue weighted by atomic mass is 9.80. The highest BCUT2D eigenvalue weighted by atomic mass is 16.5. The minimum atomic E-state index is -0.793. The molecule has 9 rings (SSSR count). The number of hydrogen-bond donors (Lipinski definition) is 1. The summed E-state index contributed by atoms with van der Waals surface area (Å²) < 4.78 is 30.9. The van der Waals surface area contributed by atoms with E-state index >= 15 is 0 Å². The van der Waals surface area contributed by atoms with Gasteiger partial charge in [0.15, 0.2) is 0 Å². The topological polar surface area (TPSA) is 74.2 Å². The van der Waals surface area contributed by atoms with Crippen LogP contribution in [-0.4, -0.2) is 18.3 Å². The number of aryl methyl sites for hydroxylation is 2. The molecule has 0 amide bonds. The van der Waals surface area contributed by atoms with Crippen LogP contribution in [0.5, 0.6) is 0 Å². The van der Waals surface area contributed by atoms with Gasteiger partial charge in [0.05, 0.1) is 13.2 Å². The highest BCUT2D eigenvalue weighted by Crippen LogP contribution is 2.42. The number of aliphatic hydroxyl groups excluding tert-OH is 1. The molecule has 0 aliphatic carbocycles. The molecule has 1 N–H and O–H groups in total. The van der Waals surface area contributed by atoms with Crippen LogP contribution in [0.4, 0.5) is 0 Å². The molecule has 5 aromatic carbocycles. The predicted molar refractivity (Wildman–Crippen MR) is 213 cm³/mol. The molecule has 0 bridgehead atoms. The lowest BCUT2D eigenvalue weighted by Gasteiger charge is -2.35. The highest BCUT2D eigenvalue weighted by Gasteiger charge is 2.38. The minimum absolute atomic E-state index is 0.0704. The lowest BCUT2D eigenvalue weighted by Crippen LogP contribution is -2.32. The maximum Gasteiger partial charge on any atom is 0.144 e. The van der Waals surface area contributed by atoms with Gasteiger partial charge in [-0.15, -0.1) is 0 Å². The normalized spacial score (nSPS) is 16.4. The van der Waals surface area contributed by atoms with Crippen molar-refractivity contribution >= 4 is 0 Å². The largest absolute Gasteiger partial charge is 0.464 e. The van der Waals surface area contributed by atoms with Crippen molar-refractivity contribution in [3.05, 3.63) is 225 Å². The van der Waals surface area contributed by atoms with Gasteiger partial charge in [-0.05, 0) is 77.8 Å². The number of benzene rings is 5. The molecule has 2 unspecified atom stereocenters. The second-order valence-electron chi connectivity index (χ2n) is 14.1. The van der Waals surface area contributed by atoms with Gasteiger partial charge < -0.3 is 28.2 Å². The Morgan fingerprint density at radius 3 is 1.36 bits per heavy atom. The van der Waals surface area contributed by atoms with Crippen molar-refractivity contribution in [1.29, 1.82) is 0 Å². The van der Waals surface area contributed by atoms with Crippen molar-refractivity contribution < 1.29 is 28.2 Å². The molecule has 0 fully saturated rings. The molecule has 4 heterocycles. The third-order valence-corrected chi connectivity index (χ3v) is 10.7. The summed E-state index contributed by atoms with van der Waals surface area (Å²) in [4.78, 5) is 0. The Kier molecular flexibility index (Phi) is 10.9. The van der Waals surface area contributed by atoms with Gasteiger partial charge in [-0.2, -0.15) is 0 Å². The Morgan fingerprint density at radius 1 is 0.527 bits per heavy atom. The Morgan fingerprint density at radius 2 is 0.927 bits per heavy atom. The Balaban J connectivity index is 0.000000198. The zero-order chi connectivity index (χ0) is 37.6. The summed E-state index contributed by atoms with van der Waals surface area (Å²) in [7, 11) is 0. The van der Waals surface area contributed by atoms with Gasteiger partial charge in [-0.25, -0.2) is 0 Å². The van der Waals surface area contributed by atoms with E-state index in [1.54, 1.807) is 0 Å². The first-order valence-corrected chi connectivity index (χ1v) is 19.0. The number of fused-ring (bicyclic) bond motifs is 2. The van der Waals surface area contributed by atoms with Crippen LogP contribution in [0.2, 0.25) is 0 Å². The van der Waals surface area contributed by atoms with Crippen molar-refractivity contribution in [3.8, 4) is 0 Å².